The van der Waals surface area contributed by atoms with Gasteiger partial charge in [-0.05, 0) is 5.92 Å². The van der Waals surface area contributed by atoms with Gasteiger partial charge in [0.15, 0.2) is 5.75 Å². The molecule has 0 radical (unpaired) electrons. The number of aromatic hydroxyl groups is 1. The Labute approximate surface area is 121 Å². The molecular weight excluding hydrogens is 278 g/mol. The van der Waals surface area contributed by atoms with Crippen molar-refractivity contribution in [3.8, 4) is 5.75 Å². The first-order valence-electron chi connectivity index (χ1n) is 6.40. The van der Waals surface area contributed by atoms with Crippen LogP contribution >= 0.6 is 0 Å². The number of amides is 1. The Morgan fingerprint density at radius 1 is 1.43 bits per heavy atom. The SMILES string of the molecule is CC(C)[C@H](NC(=O)[C@@H](N)Cn1ccc(=O)c(O)c1)C(=O)O. The number of rotatable bonds is 6. The summed E-state index contributed by atoms with van der Waals surface area (Å²) in [5, 5.41) is 20.7. The molecule has 0 aromatic carbocycles. The van der Waals surface area contributed by atoms with Crippen LogP contribution in [0, 0.1) is 5.92 Å². The number of nitrogens with one attached hydrogen (secondary N) is 1. The van der Waals surface area contributed by atoms with E-state index in [2.05, 4.69) is 5.32 Å². The van der Waals surface area contributed by atoms with Gasteiger partial charge in [-0.2, -0.15) is 0 Å². The lowest BCUT2D eigenvalue weighted by Gasteiger charge is -2.21. The fraction of sp³-hybridized carbons (Fsp3) is 0.462. The molecule has 1 aromatic rings. The molecule has 2 atom stereocenters. The second-order valence-electron chi connectivity index (χ2n) is 5.07. The van der Waals surface area contributed by atoms with Gasteiger partial charge >= 0.3 is 5.97 Å². The second kappa shape index (κ2) is 6.89. The maximum atomic E-state index is 11.9. The second-order valence-corrected chi connectivity index (χ2v) is 5.07. The van der Waals surface area contributed by atoms with Crippen LogP contribution in [0.4, 0.5) is 0 Å². The first-order chi connectivity index (χ1) is 9.72. The molecule has 0 aliphatic rings. The molecule has 1 aromatic heterocycles. The van der Waals surface area contributed by atoms with Gasteiger partial charge in [-0.3, -0.25) is 9.59 Å². The van der Waals surface area contributed by atoms with E-state index < -0.39 is 35.1 Å². The Kier molecular flexibility index (Phi) is 5.48. The Morgan fingerprint density at radius 2 is 2.05 bits per heavy atom. The highest BCUT2D eigenvalue weighted by Crippen LogP contribution is 2.03. The average Bonchev–Trinajstić information content (AvgIpc) is 2.39. The predicted molar refractivity (Wildman–Crippen MR) is 74.7 cm³/mol. The van der Waals surface area contributed by atoms with Gasteiger partial charge in [0.25, 0.3) is 0 Å². The summed E-state index contributed by atoms with van der Waals surface area (Å²) in [6.45, 7) is 3.35. The molecule has 1 amide bonds. The van der Waals surface area contributed by atoms with Crippen molar-refractivity contribution in [3.05, 3.63) is 28.7 Å². The molecule has 0 fully saturated rings. The molecule has 1 heterocycles. The summed E-state index contributed by atoms with van der Waals surface area (Å²) in [6.07, 6.45) is 2.54. The van der Waals surface area contributed by atoms with E-state index in [0.717, 1.165) is 12.3 Å². The number of carboxylic acids is 1. The highest BCUT2D eigenvalue weighted by atomic mass is 16.4. The van der Waals surface area contributed by atoms with Crippen molar-refractivity contribution in [2.24, 2.45) is 11.7 Å². The topological polar surface area (TPSA) is 135 Å². The molecule has 5 N–H and O–H groups in total. The summed E-state index contributed by atoms with van der Waals surface area (Å²) >= 11 is 0. The van der Waals surface area contributed by atoms with Gasteiger partial charge in [-0.15, -0.1) is 0 Å². The highest BCUT2D eigenvalue weighted by molar-refractivity contribution is 5.86. The van der Waals surface area contributed by atoms with Gasteiger partial charge in [0.2, 0.25) is 11.3 Å². The van der Waals surface area contributed by atoms with Gasteiger partial charge in [-0.25, -0.2) is 4.79 Å². The van der Waals surface area contributed by atoms with Crippen LogP contribution in [0.5, 0.6) is 5.75 Å². The molecule has 0 saturated heterocycles. The third-order valence-corrected chi connectivity index (χ3v) is 2.93. The third-order valence-electron chi connectivity index (χ3n) is 2.93. The van der Waals surface area contributed by atoms with Crippen LogP contribution in [0.25, 0.3) is 0 Å². The Balaban J connectivity index is 2.72. The lowest BCUT2D eigenvalue weighted by Crippen LogP contribution is -2.51. The zero-order chi connectivity index (χ0) is 16.2. The summed E-state index contributed by atoms with van der Waals surface area (Å²) < 4.78 is 1.38. The molecule has 21 heavy (non-hydrogen) atoms. The quantitative estimate of drug-likeness (QED) is 0.538. The zero-order valence-electron chi connectivity index (χ0n) is 11.8. The number of carbonyl (C=O) groups excluding carboxylic acids is 1. The standard InChI is InChI=1S/C13H19N3O5/c1-7(2)11(13(20)21)15-12(19)8(14)5-16-4-3-9(17)10(18)6-16/h3-4,6-8,11,18H,5,14H2,1-2H3,(H,15,19)(H,20,21)/t8-,11-/m0/s1. The summed E-state index contributed by atoms with van der Waals surface area (Å²) in [7, 11) is 0. The van der Waals surface area contributed by atoms with Gasteiger partial charge in [0.1, 0.15) is 12.1 Å². The minimum atomic E-state index is -1.13. The lowest BCUT2D eigenvalue weighted by atomic mass is 10.0. The predicted octanol–water partition coefficient (Wildman–Crippen LogP) is -0.893. The zero-order valence-corrected chi connectivity index (χ0v) is 11.8. The van der Waals surface area contributed by atoms with Crippen LogP contribution in [0.3, 0.4) is 0 Å². The van der Waals surface area contributed by atoms with E-state index in [4.69, 9.17) is 10.8 Å². The number of aromatic nitrogens is 1. The van der Waals surface area contributed by atoms with Crippen LogP contribution in [-0.4, -0.2) is 38.7 Å². The molecule has 0 saturated carbocycles. The van der Waals surface area contributed by atoms with Crippen molar-refractivity contribution in [1.82, 2.24) is 9.88 Å². The summed E-state index contributed by atoms with van der Waals surface area (Å²) in [6, 6.07) is -0.882. The summed E-state index contributed by atoms with van der Waals surface area (Å²) in [5.41, 5.74) is 5.17. The summed E-state index contributed by atoms with van der Waals surface area (Å²) in [4.78, 5) is 33.9. The van der Waals surface area contributed by atoms with Crippen molar-refractivity contribution < 1.29 is 19.8 Å². The van der Waals surface area contributed by atoms with Crippen molar-refractivity contribution in [2.45, 2.75) is 32.5 Å². The highest BCUT2D eigenvalue weighted by Gasteiger charge is 2.25. The number of pyridine rings is 1. The maximum absolute atomic E-state index is 11.9. The lowest BCUT2D eigenvalue weighted by molar-refractivity contribution is -0.143. The monoisotopic (exact) mass is 297 g/mol. The summed E-state index contributed by atoms with van der Waals surface area (Å²) in [5.74, 6) is -2.48. The van der Waals surface area contributed by atoms with Crippen LogP contribution in [0.1, 0.15) is 13.8 Å². The van der Waals surface area contributed by atoms with E-state index in [1.165, 1.54) is 10.8 Å². The fourth-order valence-corrected chi connectivity index (χ4v) is 1.71. The molecule has 0 unspecified atom stereocenters. The first kappa shape index (κ1) is 16.7. The van der Waals surface area contributed by atoms with E-state index in [0.29, 0.717) is 0 Å². The van der Waals surface area contributed by atoms with E-state index in [1.54, 1.807) is 13.8 Å². The Morgan fingerprint density at radius 3 is 2.52 bits per heavy atom. The van der Waals surface area contributed by atoms with Gasteiger partial charge in [0, 0.05) is 25.0 Å². The number of nitrogens with two attached hydrogens (primary N) is 1. The fourth-order valence-electron chi connectivity index (χ4n) is 1.71. The van der Waals surface area contributed by atoms with E-state index in [-0.39, 0.29) is 12.5 Å². The van der Waals surface area contributed by atoms with Gasteiger partial charge in [0.05, 0.1) is 0 Å². The number of nitrogens with zero attached hydrogens (tertiary/aromatic N) is 1. The molecule has 8 nitrogen and oxygen atoms in total. The molecular formula is C13H19N3O5. The minimum Gasteiger partial charge on any atom is -0.503 e. The molecule has 116 valence electrons. The number of hydrogen-bond acceptors (Lipinski definition) is 5. The number of carboxylic acid groups (broad SMARTS) is 1. The minimum absolute atomic E-state index is 0.00408. The third kappa shape index (κ3) is 4.60. The van der Waals surface area contributed by atoms with Crippen LogP contribution in [-0.2, 0) is 16.1 Å². The smallest absolute Gasteiger partial charge is 0.326 e. The van der Waals surface area contributed by atoms with Crippen molar-refractivity contribution in [2.75, 3.05) is 0 Å². The largest absolute Gasteiger partial charge is 0.503 e. The molecule has 0 spiro atoms. The van der Waals surface area contributed by atoms with E-state index >= 15 is 0 Å². The normalized spacial score (nSPS) is 13.7. The van der Waals surface area contributed by atoms with Crippen molar-refractivity contribution in [1.29, 1.82) is 0 Å². The molecule has 0 aliphatic heterocycles. The average molecular weight is 297 g/mol. The number of aliphatic carboxylic acids is 1. The first-order valence-corrected chi connectivity index (χ1v) is 6.40. The Bertz CT molecular complexity index is 581. The maximum Gasteiger partial charge on any atom is 0.326 e. The van der Waals surface area contributed by atoms with Crippen LogP contribution < -0.4 is 16.5 Å². The van der Waals surface area contributed by atoms with E-state index in [9.17, 15) is 19.5 Å². The number of carbonyl (C=O) groups is 2. The van der Waals surface area contributed by atoms with Gasteiger partial charge in [-0.1, -0.05) is 13.8 Å². The van der Waals surface area contributed by atoms with Crippen molar-refractivity contribution in [3.63, 3.8) is 0 Å². The molecule has 0 bridgehead atoms. The van der Waals surface area contributed by atoms with Gasteiger partial charge < -0.3 is 25.8 Å². The van der Waals surface area contributed by atoms with Crippen LogP contribution in [0.2, 0.25) is 0 Å². The molecule has 0 aliphatic carbocycles. The molecule has 1 rings (SSSR count). The van der Waals surface area contributed by atoms with Crippen LogP contribution in [0.15, 0.2) is 23.3 Å². The molecule has 8 heteroatoms. The Hall–Kier alpha value is -2.35. The number of hydrogen-bond donors (Lipinski definition) is 4. The van der Waals surface area contributed by atoms with E-state index in [1.807, 2.05) is 0 Å². The van der Waals surface area contributed by atoms with Crippen molar-refractivity contribution >= 4 is 11.9 Å².